The van der Waals surface area contributed by atoms with E-state index in [9.17, 15) is 9.59 Å². The number of amides is 2. The lowest BCUT2D eigenvalue weighted by atomic mass is 10.1. The van der Waals surface area contributed by atoms with E-state index >= 15 is 0 Å². The first-order valence-electron chi connectivity index (χ1n) is 3.44. The molecule has 60 valence electrons. The molecule has 0 aromatic rings. The maximum Gasteiger partial charge on any atom is 0.245 e. The zero-order valence-electron chi connectivity index (χ0n) is 6.09. The molecule has 0 saturated heterocycles. The molecule has 0 fully saturated rings. The van der Waals surface area contributed by atoms with Gasteiger partial charge in [-0.25, -0.2) is 0 Å². The second-order valence-electron chi connectivity index (χ2n) is 2.54. The van der Waals surface area contributed by atoms with E-state index in [4.69, 9.17) is 11.5 Å². The average Bonchev–Trinajstić information content (AvgIpc) is 2.32. The van der Waals surface area contributed by atoms with Crippen LogP contribution < -0.4 is 11.5 Å². The van der Waals surface area contributed by atoms with Crippen LogP contribution in [0.3, 0.4) is 0 Å². The number of carbonyl (C=O) groups excluding carboxylic acids is 2. The van der Waals surface area contributed by atoms with E-state index in [-0.39, 0.29) is 0 Å². The van der Waals surface area contributed by atoms with Crippen molar-refractivity contribution in [2.75, 3.05) is 0 Å². The van der Waals surface area contributed by atoms with Crippen molar-refractivity contribution in [1.29, 1.82) is 0 Å². The molecule has 4 heteroatoms. The van der Waals surface area contributed by atoms with Crippen molar-refractivity contribution < 1.29 is 9.59 Å². The zero-order valence-corrected chi connectivity index (χ0v) is 6.09. The van der Waals surface area contributed by atoms with Gasteiger partial charge in [-0.1, -0.05) is 0 Å². The smallest absolute Gasteiger partial charge is 0.245 e. The van der Waals surface area contributed by atoms with Gasteiger partial charge in [0.1, 0.15) is 0 Å². The third-order valence-corrected chi connectivity index (χ3v) is 1.81. The van der Waals surface area contributed by atoms with Crippen LogP contribution in [-0.2, 0) is 9.59 Å². The first-order valence-corrected chi connectivity index (χ1v) is 3.44. The Bertz CT molecular complexity index is 219. The average molecular weight is 154 g/mol. The minimum atomic E-state index is -0.517. The predicted molar refractivity (Wildman–Crippen MR) is 39.3 cm³/mol. The summed E-state index contributed by atoms with van der Waals surface area (Å²) in [4.78, 5) is 21.3. The minimum absolute atomic E-state index is 0.414. The first-order chi connectivity index (χ1) is 5.13. The molecule has 2 amide bonds. The molecule has 1 aliphatic rings. The highest BCUT2D eigenvalue weighted by molar-refractivity contribution is 6.04. The molecular weight excluding hydrogens is 144 g/mol. The molecule has 0 heterocycles. The summed E-state index contributed by atoms with van der Waals surface area (Å²) >= 11 is 0. The van der Waals surface area contributed by atoms with Crippen LogP contribution in [0.15, 0.2) is 11.1 Å². The molecule has 1 rings (SSSR count). The van der Waals surface area contributed by atoms with Gasteiger partial charge in [0.15, 0.2) is 0 Å². The second-order valence-corrected chi connectivity index (χ2v) is 2.54. The van der Waals surface area contributed by atoms with Gasteiger partial charge in [0.05, 0.1) is 0 Å². The summed E-state index contributed by atoms with van der Waals surface area (Å²) in [5, 5.41) is 0. The maximum atomic E-state index is 10.7. The van der Waals surface area contributed by atoms with E-state index in [1.807, 2.05) is 0 Å². The largest absolute Gasteiger partial charge is 0.366 e. The van der Waals surface area contributed by atoms with Crippen molar-refractivity contribution in [2.45, 2.75) is 19.3 Å². The Balaban J connectivity index is 2.95. The molecule has 0 aliphatic heterocycles. The molecule has 0 atom stereocenters. The predicted octanol–water partition coefficient (Wildman–Crippen LogP) is -0.563. The van der Waals surface area contributed by atoms with Crippen molar-refractivity contribution in [2.24, 2.45) is 11.5 Å². The van der Waals surface area contributed by atoms with E-state index in [1.165, 1.54) is 0 Å². The summed E-state index contributed by atoms with van der Waals surface area (Å²) in [6.45, 7) is 0. The molecule has 1 aliphatic carbocycles. The Kier molecular flexibility index (Phi) is 1.94. The highest BCUT2D eigenvalue weighted by Gasteiger charge is 2.21. The summed E-state index contributed by atoms with van der Waals surface area (Å²) in [7, 11) is 0. The molecule has 0 spiro atoms. The molecule has 0 unspecified atom stereocenters. The molecular formula is C7H10N2O2. The lowest BCUT2D eigenvalue weighted by Crippen LogP contribution is -2.19. The van der Waals surface area contributed by atoms with Crippen LogP contribution in [0.4, 0.5) is 0 Å². The molecule has 11 heavy (non-hydrogen) atoms. The van der Waals surface area contributed by atoms with Crippen LogP contribution in [0, 0.1) is 0 Å². The number of carbonyl (C=O) groups is 2. The van der Waals surface area contributed by atoms with Crippen molar-refractivity contribution in [3.8, 4) is 0 Å². The van der Waals surface area contributed by atoms with Gasteiger partial charge in [-0.3, -0.25) is 9.59 Å². The standard InChI is InChI=1S/C7H10N2O2/c8-6(10)4-2-1-3-5(4)7(9)11/h1-3H2,(H2,8,10)(H2,9,11). The van der Waals surface area contributed by atoms with Crippen molar-refractivity contribution in [3.63, 3.8) is 0 Å². The third-order valence-electron chi connectivity index (χ3n) is 1.81. The van der Waals surface area contributed by atoms with E-state index in [2.05, 4.69) is 0 Å². The van der Waals surface area contributed by atoms with Crippen LogP contribution >= 0.6 is 0 Å². The van der Waals surface area contributed by atoms with Crippen LogP contribution in [0.25, 0.3) is 0 Å². The van der Waals surface area contributed by atoms with Gasteiger partial charge in [-0.05, 0) is 19.3 Å². The summed E-state index contributed by atoms with van der Waals surface area (Å²) < 4.78 is 0. The highest BCUT2D eigenvalue weighted by atomic mass is 16.2. The Morgan fingerprint density at radius 3 is 1.64 bits per heavy atom. The normalized spacial score (nSPS) is 17.1. The first kappa shape index (κ1) is 7.78. The summed E-state index contributed by atoms with van der Waals surface area (Å²) in [6.07, 6.45) is 1.98. The Hall–Kier alpha value is -1.32. The summed E-state index contributed by atoms with van der Waals surface area (Å²) in [6, 6.07) is 0. The molecule has 0 aromatic carbocycles. The monoisotopic (exact) mass is 154 g/mol. The van der Waals surface area contributed by atoms with Crippen molar-refractivity contribution in [3.05, 3.63) is 11.1 Å². The van der Waals surface area contributed by atoms with Gasteiger partial charge in [0.25, 0.3) is 0 Å². The van der Waals surface area contributed by atoms with E-state index in [1.54, 1.807) is 0 Å². The fourth-order valence-corrected chi connectivity index (χ4v) is 1.29. The highest BCUT2D eigenvalue weighted by Crippen LogP contribution is 2.24. The number of nitrogens with two attached hydrogens (primary N) is 2. The molecule has 0 bridgehead atoms. The topological polar surface area (TPSA) is 86.2 Å². The quantitative estimate of drug-likeness (QED) is 0.558. The van der Waals surface area contributed by atoms with Gasteiger partial charge in [-0.2, -0.15) is 0 Å². The SMILES string of the molecule is NC(=O)C1=C(C(N)=O)CCC1. The van der Waals surface area contributed by atoms with E-state index in [0.717, 1.165) is 6.42 Å². The number of rotatable bonds is 2. The van der Waals surface area contributed by atoms with Gasteiger partial charge in [-0.15, -0.1) is 0 Å². The van der Waals surface area contributed by atoms with Crippen LogP contribution in [0.1, 0.15) is 19.3 Å². The van der Waals surface area contributed by atoms with Crippen LogP contribution in [0.2, 0.25) is 0 Å². The van der Waals surface area contributed by atoms with E-state index < -0.39 is 11.8 Å². The van der Waals surface area contributed by atoms with Crippen molar-refractivity contribution in [1.82, 2.24) is 0 Å². The minimum Gasteiger partial charge on any atom is -0.366 e. The molecule has 0 aromatic heterocycles. The summed E-state index contributed by atoms with van der Waals surface area (Å²) in [5.74, 6) is -1.03. The number of hydrogen-bond donors (Lipinski definition) is 2. The fraction of sp³-hybridized carbons (Fsp3) is 0.429. The van der Waals surface area contributed by atoms with Crippen LogP contribution in [0.5, 0.6) is 0 Å². The lowest BCUT2D eigenvalue weighted by Gasteiger charge is -1.97. The molecule has 4 N–H and O–H groups in total. The second kappa shape index (κ2) is 2.74. The van der Waals surface area contributed by atoms with E-state index in [0.29, 0.717) is 24.0 Å². The zero-order chi connectivity index (χ0) is 8.43. The maximum absolute atomic E-state index is 10.7. The molecule has 0 saturated carbocycles. The Morgan fingerprint density at radius 1 is 1.00 bits per heavy atom. The van der Waals surface area contributed by atoms with Gasteiger partial charge in [0.2, 0.25) is 11.8 Å². The van der Waals surface area contributed by atoms with Gasteiger partial charge >= 0.3 is 0 Å². The fourth-order valence-electron chi connectivity index (χ4n) is 1.29. The third kappa shape index (κ3) is 1.39. The lowest BCUT2D eigenvalue weighted by molar-refractivity contribution is -0.117. The summed E-state index contributed by atoms with van der Waals surface area (Å²) in [5.41, 5.74) is 10.9. The number of hydrogen-bond acceptors (Lipinski definition) is 2. The van der Waals surface area contributed by atoms with Crippen molar-refractivity contribution >= 4 is 11.8 Å². The molecule has 4 nitrogen and oxygen atoms in total. The van der Waals surface area contributed by atoms with Gasteiger partial charge < -0.3 is 11.5 Å². The van der Waals surface area contributed by atoms with Gasteiger partial charge in [0, 0.05) is 11.1 Å². The Morgan fingerprint density at radius 2 is 1.36 bits per heavy atom. The number of primary amides is 2. The molecule has 0 radical (unpaired) electrons. The Labute approximate surface area is 64.2 Å². The van der Waals surface area contributed by atoms with Crippen LogP contribution in [-0.4, -0.2) is 11.8 Å².